The lowest BCUT2D eigenvalue weighted by atomic mass is 9.97. The number of phenolic OH excluding ortho intramolecular Hbond substituents is 1. The number of aromatic hydroxyl groups is 1. The van der Waals surface area contributed by atoms with Crippen LogP contribution in [0.2, 0.25) is 0 Å². The molecule has 0 saturated heterocycles. The molecular weight excluding hydrogens is 250 g/mol. The molecule has 106 valence electrons. The van der Waals surface area contributed by atoms with Crippen molar-refractivity contribution >= 4 is 16.7 Å². The maximum absolute atomic E-state index is 12.2. The maximum Gasteiger partial charge on any atom is 0.226 e. The van der Waals surface area contributed by atoms with Gasteiger partial charge >= 0.3 is 0 Å². The molecule has 1 amide bonds. The largest absolute Gasteiger partial charge is 0.507 e. The predicted molar refractivity (Wildman–Crippen MR) is 82.0 cm³/mol. The van der Waals surface area contributed by atoms with Gasteiger partial charge in [0.25, 0.3) is 0 Å². The van der Waals surface area contributed by atoms with Gasteiger partial charge in [0.15, 0.2) is 0 Å². The van der Waals surface area contributed by atoms with Crippen LogP contribution >= 0.6 is 0 Å². The van der Waals surface area contributed by atoms with E-state index in [1.54, 1.807) is 6.07 Å². The highest BCUT2D eigenvalue weighted by molar-refractivity contribution is 5.93. The van der Waals surface area contributed by atoms with Crippen LogP contribution in [0.4, 0.5) is 0 Å². The van der Waals surface area contributed by atoms with E-state index in [0.717, 1.165) is 21.9 Å². The Kier molecular flexibility index (Phi) is 4.28. The van der Waals surface area contributed by atoms with E-state index in [1.165, 1.54) is 0 Å². The van der Waals surface area contributed by atoms with Crippen LogP contribution in [-0.2, 0) is 11.2 Å². The molecule has 0 atom stereocenters. The topological polar surface area (TPSA) is 40.5 Å². The summed E-state index contributed by atoms with van der Waals surface area (Å²) >= 11 is 0. The number of benzene rings is 2. The summed E-state index contributed by atoms with van der Waals surface area (Å²) in [7, 11) is 0. The minimum absolute atomic E-state index is 0.104. The second-order valence-corrected chi connectivity index (χ2v) is 4.97. The Hall–Kier alpha value is -2.03. The highest BCUT2D eigenvalue weighted by Gasteiger charge is 2.14. The van der Waals surface area contributed by atoms with Gasteiger partial charge in [-0.05, 0) is 43.4 Å². The third kappa shape index (κ3) is 2.62. The van der Waals surface area contributed by atoms with Gasteiger partial charge in [-0.25, -0.2) is 0 Å². The van der Waals surface area contributed by atoms with Crippen molar-refractivity contribution in [3.05, 3.63) is 41.5 Å². The Balaban J connectivity index is 2.41. The number of carbonyl (C=O) groups is 1. The number of nitrogens with zero attached hydrogens (tertiary/aromatic N) is 1. The van der Waals surface area contributed by atoms with Gasteiger partial charge in [0.1, 0.15) is 5.75 Å². The molecule has 2 rings (SSSR count). The van der Waals surface area contributed by atoms with Crippen LogP contribution in [0.5, 0.6) is 5.75 Å². The lowest BCUT2D eigenvalue weighted by Crippen LogP contribution is -2.31. The highest BCUT2D eigenvalue weighted by Crippen LogP contribution is 2.30. The normalized spacial score (nSPS) is 10.8. The number of carbonyl (C=O) groups excluding carboxylic acids is 1. The summed E-state index contributed by atoms with van der Waals surface area (Å²) in [6.07, 6.45) is 0.339. The molecule has 0 unspecified atom stereocenters. The number of aryl methyl sites for hydroxylation is 1. The van der Waals surface area contributed by atoms with E-state index >= 15 is 0 Å². The Labute approximate surface area is 119 Å². The number of hydrogen-bond donors (Lipinski definition) is 1. The fraction of sp³-hybridized carbons (Fsp3) is 0.353. The van der Waals surface area contributed by atoms with Gasteiger partial charge in [-0.1, -0.05) is 24.3 Å². The van der Waals surface area contributed by atoms with Crippen molar-refractivity contribution in [2.24, 2.45) is 0 Å². The van der Waals surface area contributed by atoms with Crippen LogP contribution in [0.1, 0.15) is 25.0 Å². The first-order valence-electron chi connectivity index (χ1n) is 7.06. The molecule has 2 aromatic carbocycles. The van der Waals surface area contributed by atoms with Gasteiger partial charge in [-0.3, -0.25) is 4.79 Å². The lowest BCUT2D eigenvalue weighted by molar-refractivity contribution is -0.130. The summed E-state index contributed by atoms with van der Waals surface area (Å²) in [5.41, 5.74) is 1.97. The van der Waals surface area contributed by atoms with E-state index in [-0.39, 0.29) is 11.7 Å². The molecule has 0 aliphatic heterocycles. The van der Waals surface area contributed by atoms with Crippen LogP contribution in [-0.4, -0.2) is 29.0 Å². The Morgan fingerprint density at radius 3 is 2.35 bits per heavy atom. The van der Waals surface area contributed by atoms with Crippen LogP contribution in [0.25, 0.3) is 10.8 Å². The van der Waals surface area contributed by atoms with Crippen molar-refractivity contribution in [1.82, 2.24) is 4.90 Å². The standard InChI is InChI=1S/C17H21NO2/c1-4-18(5-2)17(20)11-13-10-16(19)15-9-7-6-8-14(15)12(13)3/h6-10,19H,4-5,11H2,1-3H3. The molecule has 0 aliphatic rings. The second-order valence-electron chi connectivity index (χ2n) is 4.97. The van der Waals surface area contributed by atoms with E-state index in [2.05, 4.69) is 0 Å². The molecule has 0 aliphatic carbocycles. The van der Waals surface area contributed by atoms with E-state index in [4.69, 9.17) is 0 Å². The molecule has 3 nitrogen and oxygen atoms in total. The lowest BCUT2D eigenvalue weighted by Gasteiger charge is -2.19. The Morgan fingerprint density at radius 1 is 1.15 bits per heavy atom. The number of likely N-dealkylation sites (N-methyl/N-ethyl adjacent to an activating group) is 1. The minimum Gasteiger partial charge on any atom is -0.507 e. The van der Waals surface area contributed by atoms with Crippen LogP contribution in [0.3, 0.4) is 0 Å². The third-order valence-corrected chi connectivity index (χ3v) is 3.86. The monoisotopic (exact) mass is 271 g/mol. The first-order chi connectivity index (χ1) is 9.58. The first-order valence-corrected chi connectivity index (χ1v) is 7.06. The van der Waals surface area contributed by atoms with Gasteiger partial charge in [0.05, 0.1) is 6.42 Å². The van der Waals surface area contributed by atoms with Gasteiger partial charge in [-0.2, -0.15) is 0 Å². The van der Waals surface area contributed by atoms with Crippen molar-refractivity contribution in [2.45, 2.75) is 27.2 Å². The molecule has 0 heterocycles. The summed E-state index contributed by atoms with van der Waals surface area (Å²) < 4.78 is 0. The van der Waals surface area contributed by atoms with Crippen LogP contribution in [0, 0.1) is 6.92 Å². The van der Waals surface area contributed by atoms with E-state index in [1.807, 2.05) is 49.9 Å². The SMILES string of the molecule is CCN(CC)C(=O)Cc1cc(O)c2ccccc2c1C. The van der Waals surface area contributed by atoms with Crippen molar-refractivity contribution in [3.8, 4) is 5.75 Å². The highest BCUT2D eigenvalue weighted by atomic mass is 16.3. The first kappa shape index (κ1) is 14.4. The molecule has 0 aromatic heterocycles. The van der Waals surface area contributed by atoms with Crippen LogP contribution < -0.4 is 0 Å². The number of hydrogen-bond acceptors (Lipinski definition) is 2. The zero-order valence-electron chi connectivity index (χ0n) is 12.3. The average Bonchev–Trinajstić information content (AvgIpc) is 2.46. The summed E-state index contributed by atoms with van der Waals surface area (Å²) in [6, 6.07) is 9.45. The maximum atomic E-state index is 12.2. The molecule has 0 bridgehead atoms. The zero-order valence-corrected chi connectivity index (χ0v) is 12.3. The van der Waals surface area contributed by atoms with Crippen molar-refractivity contribution in [1.29, 1.82) is 0 Å². The molecule has 2 aromatic rings. The third-order valence-electron chi connectivity index (χ3n) is 3.86. The summed E-state index contributed by atoms with van der Waals surface area (Å²) in [6.45, 7) is 7.40. The van der Waals surface area contributed by atoms with Gasteiger partial charge < -0.3 is 10.0 Å². The average molecular weight is 271 g/mol. The second kappa shape index (κ2) is 5.95. The quantitative estimate of drug-likeness (QED) is 0.927. The zero-order chi connectivity index (χ0) is 14.7. The van der Waals surface area contributed by atoms with Crippen molar-refractivity contribution in [2.75, 3.05) is 13.1 Å². The molecule has 20 heavy (non-hydrogen) atoms. The summed E-state index contributed by atoms with van der Waals surface area (Å²) in [5, 5.41) is 12.0. The van der Waals surface area contributed by atoms with E-state index < -0.39 is 0 Å². The predicted octanol–water partition coefficient (Wildman–Crippen LogP) is 3.26. The fourth-order valence-corrected chi connectivity index (χ4v) is 2.59. The molecule has 0 fully saturated rings. The Bertz CT molecular complexity index is 630. The van der Waals surface area contributed by atoms with Crippen molar-refractivity contribution in [3.63, 3.8) is 0 Å². The summed E-state index contributed by atoms with van der Waals surface area (Å²) in [5.74, 6) is 0.348. The number of amides is 1. The van der Waals surface area contributed by atoms with E-state index in [0.29, 0.717) is 19.5 Å². The molecular formula is C17H21NO2. The molecule has 0 saturated carbocycles. The van der Waals surface area contributed by atoms with Crippen LogP contribution in [0.15, 0.2) is 30.3 Å². The van der Waals surface area contributed by atoms with Gasteiger partial charge in [0.2, 0.25) is 5.91 Å². The molecule has 0 spiro atoms. The summed E-state index contributed by atoms with van der Waals surface area (Å²) in [4.78, 5) is 14.0. The molecule has 3 heteroatoms. The fourth-order valence-electron chi connectivity index (χ4n) is 2.59. The smallest absolute Gasteiger partial charge is 0.226 e. The number of fused-ring (bicyclic) bond motifs is 1. The molecule has 1 N–H and O–H groups in total. The Morgan fingerprint density at radius 2 is 1.75 bits per heavy atom. The van der Waals surface area contributed by atoms with Gasteiger partial charge in [0, 0.05) is 18.5 Å². The number of rotatable bonds is 4. The molecule has 0 radical (unpaired) electrons. The van der Waals surface area contributed by atoms with E-state index in [9.17, 15) is 9.90 Å². The van der Waals surface area contributed by atoms with Gasteiger partial charge in [-0.15, -0.1) is 0 Å². The number of phenols is 1. The minimum atomic E-state index is 0.104. The van der Waals surface area contributed by atoms with Crippen molar-refractivity contribution < 1.29 is 9.90 Å².